The predicted octanol–water partition coefficient (Wildman–Crippen LogP) is 5.37. The average molecular weight is 394 g/mol. The molecule has 0 amide bonds. The zero-order chi connectivity index (χ0) is 19.8. The van der Waals surface area contributed by atoms with Crippen molar-refractivity contribution in [2.45, 2.75) is 13.1 Å². The summed E-state index contributed by atoms with van der Waals surface area (Å²) in [5.41, 5.74) is -5.53. The van der Waals surface area contributed by atoms with Gasteiger partial charge in [0.2, 0.25) is 0 Å². The molecule has 138 valence electrons. The van der Waals surface area contributed by atoms with E-state index >= 15 is 0 Å². The molecule has 2 aromatic rings. The van der Waals surface area contributed by atoms with Gasteiger partial charge in [-0.15, -0.1) is 0 Å². The monoisotopic (exact) mass is 393 g/mol. The van der Waals surface area contributed by atoms with E-state index in [2.05, 4.69) is 0 Å². The first-order chi connectivity index (χ1) is 11.9. The smallest absolute Gasteiger partial charge is 0.347 e. The molecule has 0 radical (unpaired) electrons. The van der Waals surface area contributed by atoms with Gasteiger partial charge in [0.1, 0.15) is 11.5 Å². The third-order valence-electron chi connectivity index (χ3n) is 3.32. The van der Waals surface area contributed by atoms with Gasteiger partial charge in [0.05, 0.1) is 27.2 Å². The van der Waals surface area contributed by atoms with Crippen LogP contribution in [0.15, 0.2) is 24.3 Å². The van der Waals surface area contributed by atoms with E-state index in [9.17, 15) is 37.8 Å². The molecule has 2 rings (SSSR count). The lowest BCUT2D eigenvalue weighted by Crippen LogP contribution is -2.12. The highest BCUT2D eigenvalue weighted by Crippen LogP contribution is 2.44. The minimum absolute atomic E-state index is 0.0280. The number of non-ortho nitro benzene ring substituents is 1. The average Bonchev–Trinajstić information content (AvgIpc) is 2.48. The topological polar surface area (TPSA) is 98.3 Å². The number of alkyl halides is 3. The van der Waals surface area contributed by atoms with Crippen LogP contribution in [-0.4, -0.2) is 9.85 Å². The highest BCUT2D eigenvalue weighted by atomic mass is 35.5. The van der Waals surface area contributed by atoms with E-state index in [1.807, 2.05) is 5.32 Å². The number of hydrogen-bond acceptors (Lipinski definition) is 5. The Bertz CT molecular complexity index is 895. The molecule has 0 heterocycles. The lowest BCUT2D eigenvalue weighted by Gasteiger charge is -2.16. The molecular weight excluding hydrogens is 386 g/mol. The Morgan fingerprint density at radius 2 is 1.65 bits per heavy atom. The standard InChI is InChI=1S/C14H8ClF4N3O4/c1-6-2-7(15)3-10(16)12(6)20-13-9(14(17,18)19)4-8(21(23)24)5-11(13)22(25)26/h2-5,20H,1H3. The van der Waals surface area contributed by atoms with Crippen LogP contribution in [0.4, 0.5) is 40.3 Å². The summed E-state index contributed by atoms with van der Waals surface area (Å²) in [6.07, 6.45) is -5.17. The number of hydrogen-bond donors (Lipinski definition) is 1. The van der Waals surface area contributed by atoms with E-state index in [0.29, 0.717) is 6.07 Å². The number of benzene rings is 2. The van der Waals surface area contributed by atoms with Crippen LogP contribution < -0.4 is 5.32 Å². The van der Waals surface area contributed by atoms with Crippen LogP contribution >= 0.6 is 11.6 Å². The van der Waals surface area contributed by atoms with Crippen molar-refractivity contribution in [3.8, 4) is 0 Å². The molecule has 0 unspecified atom stereocenters. The Morgan fingerprint density at radius 1 is 1.04 bits per heavy atom. The normalized spacial score (nSPS) is 11.3. The van der Waals surface area contributed by atoms with E-state index < -0.39 is 50.2 Å². The second kappa shape index (κ2) is 6.75. The van der Waals surface area contributed by atoms with E-state index in [0.717, 1.165) is 6.07 Å². The molecule has 12 heteroatoms. The van der Waals surface area contributed by atoms with E-state index in [1.165, 1.54) is 13.0 Å². The van der Waals surface area contributed by atoms with Gasteiger partial charge in [-0.3, -0.25) is 20.2 Å². The summed E-state index contributed by atoms with van der Waals surface area (Å²) >= 11 is 5.64. The van der Waals surface area contributed by atoms with Crippen molar-refractivity contribution in [3.63, 3.8) is 0 Å². The lowest BCUT2D eigenvalue weighted by atomic mass is 10.1. The first kappa shape index (κ1) is 19.4. The molecule has 1 N–H and O–H groups in total. The third-order valence-corrected chi connectivity index (χ3v) is 3.54. The fraction of sp³-hybridized carbons (Fsp3) is 0.143. The van der Waals surface area contributed by atoms with Crippen molar-refractivity contribution in [1.82, 2.24) is 0 Å². The van der Waals surface area contributed by atoms with Crippen molar-refractivity contribution >= 4 is 34.4 Å². The Morgan fingerprint density at radius 3 is 2.12 bits per heavy atom. The largest absolute Gasteiger partial charge is 0.418 e. The number of nitrogens with zero attached hydrogens (tertiary/aromatic N) is 2. The minimum Gasteiger partial charge on any atom is -0.347 e. The minimum atomic E-state index is -5.17. The van der Waals surface area contributed by atoms with Crippen LogP contribution in [0.25, 0.3) is 0 Å². The van der Waals surface area contributed by atoms with Crippen LogP contribution in [0.2, 0.25) is 5.02 Å². The second-order valence-electron chi connectivity index (χ2n) is 5.10. The predicted molar refractivity (Wildman–Crippen MR) is 84.2 cm³/mol. The van der Waals surface area contributed by atoms with Crippen LogP contribution in [0.5, 0.6) is 0 Å². The van der Waals surface area contributed by atoms with E-state index in [-0.39, 0.29) is 16.7 Å². The maximum Gasteiger partial charge on any atom is 0.418 e. The van der Waals surface area contributed by atoms with Gasteiger partial charge >= 0.3 is 6.18 Å². The third kappa shape index (κ3) is 3.82. The van der Waals surface area contributed by atoms with E-state index in [4.69, 9.17) is 11.6 Å². The molecule has 7 nitrogen and oxygen atoms in total. The molecule has 0 atom stereocenters. The van der Waals surface area contributed by atoms with Gasteiger partial charge < -0.3 is 5.32 Å². The van der Waals surface area contributed by atoms with Gasteiger partial charge in [-0.25, -0.2) is 4.39 Å². The van der Waals surface area contributed by atoms with Gasteiger partial charge in [-0.1, -0.05) is 11.6 Å². The Labute approximate surface area is 147 Å². The Kier molecular flexibility index (Phi) is 5.03. The first-order valence-corrected chi connectivity index (χ1v) is 7.06. The van der Waals surface area contributed by atoms with Crippen LogP contribution in [-0.2, 0) is 6.18 Å². The van der Waals surface area contributed by atoms with Gasteiger partial charge in [0, 0.05) is 11.1 Å². The van der Waals surface area contributed by atoms with Crippen molar-refractivity contribution in [1.29, 1.82) is 0 Å². The number of halogens is 5. The molecule has 0 aliphatic carbocycles. The van der Waals surface area contributed by atoms with Crippen molar-refractivity contribution in [2.24, 2.45) is 0 Å². The Balaban J connectivity index is 2.78. The van der Waals surface area contributed by atoms with Crippen molar-refractivity contribution < 1.29 is 27.4 Å². The fourth-order valence-electron chi connectivity index (χ4n) is 2.20. The first-order valence-electron chi connectivity index (χ1n) is 6.68. The summed E-state index contributed by atoms with van der Waals surface area (Å²) in [5.74, 6) is -1.05. The highest BCUT2D eigenvalue weighted by molar-refractivity contribution is 6.30. The lowest BCUT2D eigenvalue weighted by molar-refractivity contribution is -0.394. The number of aryl methyl sites for hydroxylation is 1. The van der Waals surface area contributed by atoms with Crippen LogP contribution in [0.3, 0.4) is 0 Å². The second-order valence-corrected chi connectivity index (χ2v) is 5.54. The van der Waals surface area contributed by atoms with Gasteiger partial charge in [0.25, 0.3) is 11.4 Å². The molecular formula is C14H8ClF4N3O4. The quantitative estimate of drug-likeness (QED) is 0.428. The number of nitrogens with one attached hydrogen (secondary N) is 1. The summed E-state index contributed by atoms with van der Waals surface area (Å²) in [6.45, 7) is 1.32. The molecule has 0 saturated heterocycles. The molecule has 0 aromatic heterocycles. The molecule has 0 aliphatic rings. The maximum atomic E-state index is 14.1. The number of nitro groups is 2. The fourth-order valence-corrected chi connectivity index (χ4v) is 2.46. The maximum absolute atomic E-state index is 14.1. The molecule has 0 saturated carbocycles. The molecule has 2 aromatic carbocycles. The van der Waals surface area contributed by atoms with E-state index in [1.54, 1.807) is 0 Å². The number of nitro benzene ring substituents is 2. The van der Waals surface area contributed by atoms with Crippen LogP contribution in [0, 0.1) is 33.0 Å². The summed E-state index contributed by atoms with van der Waals surface area (Å²) in [7, 11) is 0. The van der Waals surface area contributed by atoms with Crippen LogP contribution in [0.1, 0.15) is 11.1 Å². The summed E-state index contributed by atoms with van der Waals surface area (Å²) < 4.78 is 54.0. The molecule has 0 bridgehead atoms. The molecule has 26 heavy (non-hydrogen) atoms. The number of anilines is 2. The zero-order valence-electron chi connectivity index (χ0n) is 12.7. The van der Waals surface area contributed by atoms with Crippen molar-refractivity contribution in [2.75, 3.05) is 5.32 Å². The molecule has 0 aliphatic heterocycles. The zero-order valence-corrected chi connectivity index (χ0v) is 13.5. The number of rotatable bonds is 4. The summed E-state index contributed by atoms with van der Waals surface area (Å²) in [6, 6.07) is 2.54. The molecule has 0 fully saturated rings. The highest BCUT2D eigenvalue weighted by Gasteiger charge is 2.40. The SMILES string of the molecule is Cc1cc(Cl)cc(F)c1Nc1c([N+](=O)[O-])cc([N+](=O)[O-])cc1C(F)(F)F. The van der Waals surface area contributed by atoms with Gasteiger partial charge in [0.15, 0.2) is 0 Å². The van der Waals surface area contributed by atoms with Gasteiger partial charge in [-0.05, 0) is 24.6 Å². The van der Waals surface area contributed by atoms with Gasteiger partial charge in [-0.2, -0.15) is 13.2 Å². The summed E-state index contributed by atoms with van der Waals surface area (Å²) in [5, 5.41) is 24.0. The summed E-state index contributed by atoms with van der Waals surface area (Å²) in [4.78, 5) is 19.5. The Hall–Kier alpha value is -2.95. The van der Waals surface area contributed by atoms with Crippen molar-refractivity contribution in [3.05, 3.63) is 66.5 Å². The molecule has 0 spiro atoms.